The Bertz CT molecular complexity index is 1880. The summed E-state index contributed by atoms with van der Waals surface area (Å²) in [5.41, 5.74) is -1.64. The van der Waals surface area contributed by atoms with E-state index < -0.39 is 110 Å². The van der Waals surface area contributed by atoms with Gasteiger partial charge in [-0.25, -0.2) is 26.9 Å². The van der Waals surface area contributed by atoms with Crippen LogP contribution in [0, 0.1) is 46.8 Å². The van der Waals surface area contributed by atoms with Crippen molar-refractivity contribution >= 4 is 58.5 Å². The number of alkyl halides is 2. The molecule has 6 unspecified atom stereocenters. The number of unbranched alkanes of at least 4 members (excludes halogenated alkanes) is 2. The maximum absolute atomic E-state index is 15.2. The maximum Gasteiger partial charge on any atom is 0.303 e. The van der Waals surface area contributed by atoms with Gasteiger partial charge in [0.05, 0.1) is 18.9 Å². The van der Waals surface area contributed by atoms with Crippen LogP contribution in [-0.2, 0) is 24.0 Å². The van der Waals surface area contributed by atoms with E-state index in [1.807, 2.05) is 0 Å². The molecule has 50 heavy (non-hydrogen) atoms. The molecule has 266 valence electrons. The van der Waals surface area contributed by atoms with Crippen LogP contribution in [0.1, 0.15) is 50.0 Å². The van der Waals surface area contributed by atoms with E-state index in [1.165, 1.54) is 19.2 Å². The van der Waals surface area contributed by atoms with Crippen LogP contribution in [0.15, 0.2) is 29.8 Å². The minimum absolute atomic E-state index is 0.0187. The Kier molecular flexibility index (Phi) is 8.91. The molecular weight excluding hydrogens is 718 g/mol. The van der Waals surface area contributed by atoms with Gasteiger partial charge in [-0.1, -0.05) is 24.1 Å². The molecule has 6 atom stereocenters. The monoisotopic (exact) mass is 744 g/mol. The number of hydrogen-bond donors (Lipinski definition) is 2. The number of methoxy groups -OCH3 is 1. The molecule has 0 aromatic heterocycles. The number of phenolic OH excluding ortho intramolecular Hbond substituents is 1. The summed E-state index contributed by atoms with van der Waals surface area (Å²) in [7, 11) is 1.25. The number of aliphatic carboxylic acids is 1. The normalized spacial score (nSPS) is 28.8. The Hall–Kier alpha value is -4.24. The fourth-order valence-electron chi connectivity index (χ4n) is 7.84. The van der Waals surface area contributed by atoms with Crippen LogP contribution < -0.4 is 9.64 Å². The Morgan fingerprint density at radius 1 is 0.920 bits per heavy atom. The molecule has 2 aliphatic heterocycles. The van der Waals surface area contributed by atoms with Crippen LogP contribution in [0.4, 0.5) is 27.6 Å². The van der Waals surface area contributed by atoms with Crippen molar-refractivity contribution in [1.82, 2.24) is 4.90 Å². The molecule has 2 saturated heterocycles. The number of carbonyl (C=O) groups excluding carboxylic acids is 4. The lowest BCUT2D eigenvalue weighted by Crippen LogP contribution is -2.60. The van der Waals surface area contributed by atoms with Crippen LogP contribution in [0.3, 0.4) is 0 Å². The van der Waals surface area contributed by atoms with Crippen LogP contribution in [0.2, 0.25) is 0 Å². The van der Waals surface area contributed by atoms with E-state index >= 15 is 8.78 Å². The van der Waals surface area contributed by atoms with Gasteiger partial charge in [-0.05, 0) is 49.3 Å². The van der Waals surface area contributed by atoms with Crippen molar-refractivity contribution in [2.45, 2.75) is 54.2 Å². The predicted molar refractivity (Wildman–Crippen MR) is 164 cm³/mol. The molecule has 2 aromatic rings. The van der Waals surface area contributed by atoms with Gasteiger partial charge in [0.25, 0.3) is 11.8 Å². The van der Waals surface area contributed by atoms with Crippen LogP contribution >= 0.6 is 23.2 Å². The number of fused-ring (bicyclic) bond motifs is 4. The zero-order valence-electron chi connectivity index (χ0n) is 26.0. The summed E-state index contributed by atoms with van der Waals surface area (Å²) >= 11 is 14.1. The van der Waals surface area contributed by atoms with Crippen molar-refractivity contribution in [3.05, 3.63) is 64.5 Å². The van der Waals surface area contributed by atoms with Crippen LogP contribution in [0.25, 0.3) is 0 Å². The highest BCUT2D eigenvalue weighted by atomic mass is 35.5. The van der Waals surface area contributed by atoms with Crippen molar-refractivity contribution in [2.24, 2.45) is 17.8 Å². The van der Waals surface area contributed by atoms with Crippen LogP contribution in [0.5, 0.6) is 11.5 Å². The number of rotatable bonds is 9. The zero-order chi connectivity index (χ0) is 36.6. The predicted octanol–water partition coefficient (Wildman–Crippen LogP) is 5.30. The number of nitrogens with zero attached hydrogens (tertiary/aromatic N) is 2. The number of carboxylic acids is 1. The van der Waals surface area contributed by atoms with Crippen molar-refractivity contribution in [2.75, 3.05) is 18.6 Å². The topological polar surface area (TPSA) is 142 Å². The van der Waals surface area contributed by atoms with Gasteiger partial charge in [0.15, 0.2) is 44.5 Å². The van der Waals surface area contributed by atoms with Gasteiger partial charge in [-0.15, -0.1) is 23.2 Å². The minimum atomic E-state index is -2.72. The molecule has 0 spiro atoms. The van der Waals surface area contributed by atoms with E-state index in [4.69, 9.17) is 33.0 Å². The molecule has 10 nitrogen and oxygen atoms in total. The highest BCUT2D eigenvalue weighted by Gasteiger charge is 2.77. The van der Waals surface area contributed by atoms with Gasteiger partial charge in [-0.2, -0.15) is 0 Å². The summed E-state index contributed by atoms with van der Waals surface area (Å²) in [4.78, 5) is 62.1. The van der Waals surface area contributed by atoms with Crippen molar-refractivity contribution in [1.29, 1.82) is 0 Å². The first-order valence-corrected chi connectivity index (χ1v) is 16.2. The largest absolute Gasteiger partial charge is 0.504 e. The Labute approximate surface area is 290 Å². The molecule has 2 aromatic carbocycles. The first-order valence-electron chi connectivity index (χ1n) is 15.4. The molecule has 0 radical (unpaired) electrons. The Balaban J connectivity index is 1.48. The fraction of sp³-hybridized carbons (Fsp3) is 0.424. The first kappa shape index (κ1) is 35.6. The van der Waals surface area contributed by atoms with Crippen molar-refractivity contribution in [3.8, 4) is 11.5 Å². The minimum Gasteiger partial charge on any atom is -0.504 e. The number of carbonyl (C=O) groups is 5. The second-order valence-corrected chi connectivity index (χ2v) is 13.9. The molecule has 1 saturated carbocycles. The summed E-state index contributed by atoms with van der Waals surface area (Å²) in [5, 5.41) is 19.6. The van der Waals surface area contributed by atoms with Crippen LogP contribution in [-0.4, -0.2) is 68.1 Å². The molecule has 2 heterocycles. The number of phenols is 1. The fourth-order valence-corrected chi connectivity index (χ4v) is 8.77. The number of imide groups is 2. The second-order valence-electron chi connectivity index (χ2n) is 12.7. The van der Waals surface area contributed by atoms with Crippen molar-refractivity contribution < 1.29 is 60.9 Å². The van der Waals surface area contributed by atoms with Gasteiger partial charge in [0, 0.05) is 18.9 Å². The molecular formula is C33H27Cl2F5N2O8. The third kappa shape index (κ3) is 4.90. The third-order valence-electron chi connectivity index (χ3n) is 10.1. The van der Waals surface area contributed by atoms with Gasteiger partial charge in [0.1, 0.15) is 5.69 Å². The average Bonchev–Trinajstić information content (AvgIpc) is 3.40. The molecule has 6 rings (SSSR count). The van der Waals surface area contributed by atoms with Crippen molar-refractivity contribution in [3.63, 3.8) is 0 Å². The molecule has 0 bridgehead atoms. The number of halogens is 7. The number of likely N-dealkylation sites (tertiary alicyclic amines) is 1. The lowest BCUT2D eigenvalue weighted by atomic mass is 9.56. The number of anilines is 1. The molecule has 17 heteroatoms. The lowest BCUT2D eigenvalue weighted by molar-refractivity contribution is -0.141. The average molecular weight is 745 g/mol. The van der Waals surface area contributed by atoms with E-state index in [-0.39, 0.29) is 41.2 Å². The van der Waals surface area contributed by atoms with E-state index in [0.717, 1.165) is 11.0 Å². The van der Waals surface area contributed by atoms with E-state index in [0.29, 0.717) is 19.3 Å². The molecule has 2 aliphatic carbocycles. The van der Waals surface area contributed by atoms with E-state index in [9.17, 15) is 42.3 Å². The number of ether oxygens (including phenoxy) is 1. The Morgan fingerprint density at radius 3 is 2.16 bits per heavy atom. The highest BCUT2D eigenvalue weighted by Crippen LogP contribution is 2.66. The summed E-state index contributed by atoms with van der Waals surface area (Å²) in [6.45, 7) is -0.0287. The summed E-state index contributed by atoms with van der Waals surface area (Å²) in [6, 6.07) is 3.77. The quantitative estimate of drug-likeness (QED) is 0.0670. The number of allylic oxidation sites excluding steroid dienone is 2. The maximum atomic E-state index is 15.2. The van der Waals surface area contributed by atoms with Gasteiger partial charge in [-0.3, -0.25) is 28.9 Å². The van der Waals surface area contributed by atoms with E-state index in [2.05, 4.69) is 0 Å². The Morgan fingerprint density at radius 2 is 1.56 bits per heavy atom. The third-order valence-corrected chi connectivity index (χ3v) is 11.5. The van der Waals surface area contributed by atoms with Gasteiger partial charge >= 0.3 is 5.97 Å². The second kappa shape index (κ2) is 12.5. The number of hydrogen-bond acceptors (Lipinski definition) is 7. The highest BCUT2D eigenvalue weighted by molar-refractivity contribution is 6.58. The number of aromatic hydroxyl groups is 1. The number of amides is 4. The standard InChI is InChI=1S/C33H27Cl2F5N2O8/c1-50-18-9-6-13(11-17(18)43)21-14-7-8-15-20(29(47)41(28(15)46)10-4-2-3-5-19(44)45)16(14)12-32(34)30(48)42(31(49)33(21,32)35)27-25(39)23(37)22(36)24(38)26(27)40/h6-7,9,11,15-16,20-21,43H,2-5,8,10,12H2,1H3,(H,44,45). The number of carboxylic acid groups (broad SMARTS) is 1. The first-order chi connectivity index (χ1) is 23.5. The zero-order valence-corrected chi connectivity index (χ0v) is 27.5. The van der Waals surface area contributed by atoms with Gasteiger partial charge < -0.3 is 14.9 Å². The molecule has 4 amide bonds. The lowest BCUT2D eigenvalue weighted by Gasteiger charge is -2.50. The molecule has 2 N–H and O–H groups in total. The van der Waals surface area contributed by atoms with E-state index in [1.54, 1.807) is 6.08 Å². The summed E-state index contributed by atoms with van der Waals surface area (Å²) < 4.78 is 78.1. The number of benzene rings is 2. The van der Waals surface area contributed by atoms with Gasteiger partial charge in [0.2, 0.25) is 17.6 Å². The molecule has 4 aliphatic rings. The smallest absolute Gasteiger partial charge is 0.303 e. The SMILES string of the molecule is COc1ccc(C2C3=CCC4C(=O)N(CCCCCC(=O)O)C(=O)C4C3CC3(Cl)C(=O)N(c4c(F)c(F)c(F)c(F)c4F)C(=O)C23Cl)cc1O. The summed E-state index contributed by atoms with van der Waals surface area (Å²) in [5.74, 6) is -23.0. The summed E-state index contributed by atoms with van der Waals surface area (Å²) in [6.07, 6.45) is 1.75. The molecule has 3 fully saturated rings.